The van der Waals surface area contributed by atoms with Crippen molar-refractivity contribution in [3.05, 3.63) is 88.7 Å². The van der Waals surface area contributed by atoms with Gasteiger partial charge in [0.15, 0.2) is 5.16 Å². The number of benzene rings is 3. The molecule has 0 unspecified atom stereocenters. The minimum absolute atomic E-state index is 0.0240. The van der Waals surface area contributed by atoms with Crippen LogP contribution in [0.1, 0.15) is 25.3 Å². The number of nitrogens with one attached hydrogen (secondary N) is 1. The Morgan fingerprint density at radius 2 is 1.66 bits per heavy atom. The molecule has 0 radical (unpaired) electrons. The van der Waals surface area contributed by atoms with Gasteiger partial charge in [-0.15, -0.1) is 0 Å². The van der Waals surface area contributed by atoms with Crippen molar-refractivity contribution in [1.29, 1.82) is 0 Å². The van der Waals surface area contributed by atoms with Crippen LogP contribution in [0.5, 0.6) is 0 Å². The molecule has 8 heteroatoms. The first-order chi connectivity index (χ1) is 16.9. The van der Waals surface area contributed by atoms with Crippen molar-refractivity contribution >= 4 is 45.9 Å². The number of amides is 2. The van der Waals surface area contributed by atoms with Crippen molar-refractivity contribution in [1.82, 2.24) is 9.55 Å². The molecule has 0 atom stereocenters. The van der Waals surface area contributed by atoms with Crippen molar-refractivity contribution < 1.29 is 9.59 Å². The predicted molar refractivity (Wildman–Crippen MR) is 140 cm³/mol. The second-order valence-corrected chi connectivity index (χ2v) is 9.54. The topological polar surface area (TPSA) is 84.3 Å². The molecule has 0 saturated heterocycles. The largest absolute Gasteiger partial charge is 0.323 e. The molecule has 1 aliphatic rings. The number of thioether (sulfide) groups is 1. The van der Waals surface area contributed by atoms with Crippen molar-refractivity contribution in [3.63, 3.8) is 0 Å². The summed E-state index contributed by atoms with van der Waals surface area (Å²) in [4.78, 5) is 45.3. The zero-order chi connectivity index (χ0) is 24.5. The fourth-order valence-corrected chi connectivity index (χ4v) is 5.14. The second kappa shape index (κ2) is 9.38. The Morgan fingerprint density at radius 1 is 0.971 bits per heavy atom. The number of para-hydroxylation sites is 4. The van der Waals surface area contributed by atoms with Crippen LogP contribution in [0.3, 0.4) is 0 Å². The first kappa shape index (κ1) is 22.9. The molecule has 0 saturated carbocycles. The number of aromatic nitrogens is 2. The zero-order valence-electron chi connectivity index (χ0n) is 19.4. The van der Waals surface area contributed by atoms with Gasteiger partial charge in [-0.05, 0) is 41.8 Å². The second-order valence-electron chi connectivity index (χ2n) is 8.60. The Bertz CT molecular complexity index is 1510. The van der Waals surface area contributed by atoms with E-state index in [2.05, 4.69) is 19.2 Å². The molecule has 2 heterocycles. The van der Waals surface area contributed by atoms with E-state index in [9.17, 15) is 14.4 Å². The first-order valence-corrected chi connectivity index (χ1v) is 12.4. The summed E-state index contributed by atoms with van der Waals surface area (Å²) in [6, 6.07) is 22.2. The third-order valence-corrected chi connectivity index (χ3v) is 6.86. The monoisotopic (exact) mass is 484 g/mol. The first-order valence-electron chi connectivity index (χ1n) is 11.4. The summed E-state index contributed by atoms with van der Waals surface area (Å²) in [6.07, 6.45) is 0. The van der Waals surface area contributed by atoms with E-state index >= 15 is 0 Å². The molecular weight excluding hydrogens is 460 g/mol. The summed E-state index contributed by atoms with van der Waals surface area (Å²) >= 11 is 1.20. The van der Waals surface area contributed by atoms with Crippen LogP contribution < -0.4 is 15.8 Å². The molecule has 0 spiro atoms. The van der Waals surface area contributed by atoms with E-state index in [0.717, 1.165) is 11.3 Å². The van der Waals surface area contributed by atoms with Crippen LogP contribution in [0, 0.1) is 0 Å². The summed E-state index contributed by atoms with van der Waals surface area (Å²) < 4.78 is 1.60. The van der Waals surface area contributed by atoms with Gasteiger partial charge in [-0.1, -0.05) is 68.1 Å². The molecule has 1 aromatic heterocycles. The lowest BCUT2D eigenvalue weighted by molar-refractivity contribution is -0.120. The Morgan fingerprint density at radius 3 is 2.46 bits per heavy atom. The summed E-state index contributed by atoms with van der Waals surface area (Å²) in [5, 5.41) is 3.75. The van der Waals surface area contributed by atoms with E-state index in [1.807, 2.05) is 48.5 Å². The van der Waals surface area contributed by atoms with E-state index in [1.165, 1.54) is 16.7 Å². The highest BCUT2D eigenvalue weighted by molar-refractivity contribution is 7.99. The number of anilines is 2. The zero-order valence-corrected chi connectivity index (χ0v) is 20.2. The SMILES string of the molecule is CC(C)c1ccccc1-n1c(SCC(=O)N2CC(=O)Nc3ccccc32)nc2ccccc2c1=O. The molecule has 4 aromatic rings. The smallest absolute Gasteiger partial charge is 0.266 e. The van der Waals surface area contributed by atoms with Gasteiger partial charge in [0.25, 0.3) is 5.56 Å². The van der Waals surface area contributed by atoms with Crippen molar-refractivity contribution in [2.24, 2.45) is 0 Å². The lowest BCUT2D eigenvalue weighted by Gasteiger charge is -2.29. The predicted octanol–water partition coefficient (Wildman–Crippen LogP) is 4.59. The lowest BCUT2D eigenvalue weighted by atomic mass is 10.0. The molecule has 7 nitrogen and oxygen atoms in total. The van der Waals surface area contributed by atoms with E-state index in [4.69, 9.17) is 4.98 Å². The number of nitrogens with zero attached hydrogens (tertiary/aromatic N) is 3. The van der Waals surface area contributed by atoms with Gasteiger partial charge in [0.1, 0.15) is 6.54 Å². The maximum Gasteiger partial charge on any atom is 0.266 e. The molecule has 2 amide bonds. The van der Waals surface area contributed by atoms with Gasteiger partial charge in [-0.2, -0.15) is 0 Å². The van der Waals surface area contributed by atoms with Gasteiger partial charge >= 0.3 is 0 Å². The molecule has 0 aliphatic carbocycles. The highest BCUT2D eigenvalue weighted by atomic mass is 32.2. The quantitative estimate of drug-likeness (QED) is 0.331. The molecule has 1 N–H and O–H groups in total. The highest BCUT2D eigenvalue weighted by Crippen LogP contribution is 2.31. The highest BCUT2D eigenvalue weighted by Gasteiger charge is 2.27. The van der Waals surface area contributed by atoms with Crippen LogP contribution in [-0.4, -0.2) is 33.7 Å². The number of carbonyl (C=O) groups excluding carboxylic acids is 2. The standard InChI is InChI=1S/C27H24N4O3S/c1-17(2)18-9-4-7-13-22(18)31-26(34)19-10-3-5-11-20(19)29-27(31)35-16-25(33)30-15-24(32)28-21-12-6-8-14-23(21)30/h3-14,17H,15-16H2,1-2H3,(H,28,32). The Balaban J connectivity index is 1.55. The normalized spacial score (nSPS) is 13.1. The summed E-state index contributed by atoms with van der Waals surface area (Å²) in [5.41, 5.74) is 3.43. The van der Waals surface area contributed by atoms with Gasteiger partial charge in [-0.3, -0.25) is 19.0 Å². The maximum absolute atomic E-state index is 13.6. The minimum atomic E-state index is -0.242. The van der Waals surface area contributed by atoms with Crippen LogP contribution in [0.4, 0.5) is 11.4 Å². The molecule has 3 aromatic carbocycles. The maximum atomic E-state index is 13.6. The number of fused-ring (bicyclic) bond motifs is 2. The number of hydrogen-bond acceptors (Lipinski definition) is 5. The Hall–Kier alpha value is -3.91. The molecular formula is C27H24N4O3S. The van der Waals surface area contributed by atoms with E-state index in [1.54, 1.807) is 28.8 Å². The lowest BCUT2D eigenvalue weighted by Crippen LogP contribution is -2.43. The van der Waals surface area contributed by atoms with Gasteiger partial charge in [0.05, 0.1) is 33.7 Å². The molecule has 0 bridgehead atoms. The summed E-state index contributed by atoms with van der Waals surface area (Å²) in [5.74, 6) is -0.263. The van der Waals surface area contributed by atoms with Crippen LogP contribution in [0.2, 0.25) is 0 Å². The Kier molecular flexibility index (Phi) is 6.13. The van der Waals surface area contributed by atoms with Gasteiger partial charge in [0, 0.05) is 0 Å². The van der Waals surface area contributed by atoms with E-state index < -0.39 is 0 Å². The average Bonchev–Trinajstić information content (AvgIpc) is 2.87. The van der Waals surface area contributed by atoms with Crippen LogP contribution in [-0.2, 0) is 9.59 Å². The third kappa shape index (κ3) is 4.33. The van der Waals surface area contributed by atoms with Crippen LogP contribution >= 0.6 is 11.8 Å². The van der Waals surface area contributed by atoms with E-state index in [-0.39, 0.29) is 35.6 Å². The molecule has 5 rings (SSSR count). The number of hydrogen-bond donors (Lipinski definition) is 1. The van der Waals surface area contributed by atoms with Gasteiger partial charge in [-0.25, -0.2) is 4.98 Å². The van der Waals surface area contributed by atoms with Gasteiger partial charge < -0.3 is 10.2 Å². The van der Waals surface area contributed by atoms with Crippen molar-refractivity contribution in [2.45, 2.75) is 24.9 Å². The summed E-state index contributed by atoms with van der Waals surface area (Å²) in [6.45, 7) is 4.10. The van der Waals surface area contributed by atoms with Crippen molar-refractivity contribution in [3.8, 4) is 5.69 Å². The van der Waals surface area contributed by atoms with Crippen LogP contribution in [0.15, 0.2) is 82.7 Å². The molecule has 0 fully saturated rings. The molecule has 35 heavy (non-hydrogen) atoms. The van der Waals surface area contributed by atoms with Crippen molar-refractivity contribution in [2.75, 3.05) is 22.5 Å². The Labute approximate surface area is 206 Å². The molecule has 176 valence electrons. The number of rotatable bonds is 5. The molecule has 1 aliphatic heterocycles. The summed E-state index contributed by atoms with van der Waals surface area (Å²) in [7, 11) is 0. The fourth-order valence-electron chi connectivity index (χ4n) is 4.26. The van der Waals surface area contributed by atoms with Crippen LogP contribution in [0.25, 0.3) is 16.6 Å². The average molecular weight is 485 g/mol. The number of carbonyl (C=O) groups is 2. The van der Waals surface area contributed by atoms with E-state index in [0.29, 0.717) is 27.4 Å². The minimum Gasteiger partial charge on any atom is -0.323 e. The van der Waals surface area contributed by atoms with Gasteiger partial charge in [0.2, 0.25) is 11.8 Å². The third-order valence-electron chi connectivity index (χ3n) is 5.94. The fraction of sp³-hybridized carbons (Fsp3) is 0.185.